The van der Waals surface area contributed by atoms with Gasteiger partial charge in [0, 0.05) is 0 Å². The van der Waals surface area contributed by atoms with Crippen molar-refractivity contribution >= 4 is 7.98 Å². The van der Waals surface area contributed by atoms with Gasteiger partial charge in [-0.25, -0.2) is 0 Å². The maximum absolute atomic E-state index is 2.00. The van der Waals surface area contributed by atoms with Crippen molar-refractivity contribution in [3.05, 3.63) is 24.4 Å². The van der Waals surface area contributed by atoms with Gasteiger partial charge in [-0.05, 0) is 26.2 Å². The van der Waals surface area contributed by atoms with Gasteiger partial charge in [-0.2, -0.15) is 0 Å². The molecule has 1 nitrogen and oxygen atoms in total. The summed E-state index contributed by atoms with van der Waals surface area (Å²) in [6, 6.07) is 0. The Labute approximate surface area is 52.1 Å². The Hall–Kier alpha value is -0.655. The molecule has 0 saturated carbocycles. The van der Waals surface area contributed by atoms with E-state index in [0.717, 1.165) is 0 Å². The molecule has 0 radical (unpaired) electrons. The summed E-state index contributed by atoms with van der Waals surface area (Å²) in [7, 11) is 4.00. The van der Waals surface area contributed by atoms with Crippen LogP contribution in [0.4, 0.5) is 0 Å². The zero-order valence-electron chi connectivity index (χ0n) is 5.76. The topological polar surface area (TPSA) is 3.24 Å². The molecule has 0 aromatic rings. The molecule has 0 aliphatic rings. The average molecular weight is 109 g/mol. The molecule has 0 spiro atoms. The molecule has 8 heavy (non-hydrogen) atoms. The van der Waals surface area contributed by atoms with Crippen LogP contribution in [0.1, 0.15) is 6.92 Å². The minimum Gasteiger partial charge on any atom is -0.430 e. The summed E-state index contributed by atoms with van der Waals surface area (Å²) in [6.45, 7) is 2.00. The summed E-state index contributed by atoms with van der Waals surface area (Å²) in [5.74, 6) is 0. The van der Waals surface area contributed by atoms with Gasteiger partial charge in [-0.1, -0.05) is 12.2 Å². The predicted molar refractivity (Wildman–Crippen MR) is 40.3 cm³/mol. The standard InChI is InChI=1S/C6H12BN/c1-3-4-5-6-8(2)7/h3-6H,7H2,1-2H3/b4-3-,6-5-. The largest absolute Gasteiger partial charge is 0.430 e. The normalized spacial score (nSPS) is 11.2. The van der Waals surface area contributed by atoms with Crippen LogP contribution >= 0.6 is 0 Å². The van der Waals surface area contributed by atoms with Gasteiger partial charge in [0.2, 0.25) is 7.98 Å². The fraction of sp³-hybridized carbons (Fsp3) is 0.333. The third-order valence-corrected chi connectivity index (χ3v) is 0.688. The van der Waals surface area contributed by atoms with Gasteiger partial charge in [-0.15, -0.1) is 0 Å². The molecule has 0 N–H and O–H groups in total. The fourth-order valence-electron chi connectivity index (χ4n) is 0.333. The van der Waals surface area contributed by atoms with E-state index >= 15 is 0 Å². The zero-order valence-corrected chi connectivity index (χ0v) is 5.76. The maximum atomic E-state index is 2.00. The van der Waals surface area contributed by atoms with Crippen LogP contribution < -0.4 is 0 Å². The van der Waals surface area contributed by atoms with Crippen molar-refractivity contribution in [3.63, 3.8) is 0 Å². The lowest BCUT2D eigenvalue weighted by Gasteiger charge is -2.00. The van der Waals surface area contributed by atoms with E-state index in [1.54, 1.807) is 0 Å². The number of hydrogen-bond acceptors (Lipinski definition) is 1. The Morgan fingerprint density at radius 1 is 1.38 bits per heavy atom. The minimum absolute atomic E-state index is 2.00. The first-order chi connectivity index (χ1) is 3.77. The Morgan fingerprint density at radius 3 is 2.38 bits per heavy atom. The Balaban J connectivity index is 3.34. The third-order valence-electron chi connectivity index (χ3n) is 0.688. The molecule has 0 bridgehead atoms. The molecule has 0 unspecified atom stereocenters. The Bertz CT molecular complexity index is 94.7. The highest BCUT2D eigenvalue weighted by molar-refractivity contribution is 6.04. The van der Waals surface area contributed by atoms with E-state index in [1.165, 1.54) is 0 Å². The van der Waals surface area contributed by atoms with Crippen molar-refractivity contribution in [3.8, 4) is 0 Å². The summed E-state index contributed by atoms with van der Waals surface area (Å²) < 4.78 is 0. The van der Waals surface area contributed by atoms with Crippen LogP contribution in [0.3, 0.4) is 0 Å². The lowest BCUT2D eigenvalue weighted by atomic mass is 10.3. The van der Waals surface area contributed by atoms with Crippen molar-refractivity contribution in [1.29, 1.82) is 0 Å². The second kappa shape index (κ2) is 4.50. The number of hydrogen-bond donors (Lipinski definition) is 0. The Morgan fingerprint density at radius 2 is 2.00 bits per heavy atom. The van der Waals surface area contributed by atoms with E-state index in [9.17, 15) is 0 Å². The van der Waals surface area contributed by atoms with Crippen LogP contribution in [0.5, 0.6) is 0 Å². The van der Waals surface area contributed by atoms with Crippen molar-refractivity contribution in [2.45, 2.75) is 6.92 Å². The summed E-state index contributed by atoms with van der Waals surface area (Å²) in [5, 5.41) is 0. The van der Waals surface area contributed by atoms with E-state index < -0.39 is 0 Å². The highest BCUT2D eigenvalue weighted by atomic mass is 15.0. The van der Waals surface area contributed by atoms with Crippen LogP contribution in [-0.2, 0) is 0 Å². The quantitative estimate of drug-likeness (QED) is 0.369. The van der Waals surface area contributed by atoms with Crippen molar-refractivity contribution in [2.24, 2.45) is 0 Å². The summed E-state index contributed by atoms with van der Waals surface area (Å²) in [6.07, 6.45) is 8.00. The molecule has 0 fully saturated rings. The molecule has 0 heterocycles. The summed E-state index contributed by atoms with van der Waals surface area (Å²) in [5.41, 5.74) is 0. The first-order valence-electron chi connectivity index (χ1n) is 2.73. The van der Waals surface area contributed by atoms with Crippen LogP contribution in [0.2, 0.25) is 0 Å². The molecule has 44 valence electrons. The predicted octanol–water partition coefficient (Wildman–Crippen LogP) is 0.556. The van der Waals surface area contributed by atoms with E-state index in [0.29, 0.717) is 0 Å². The number of allylic oxidation sites excluding steroid dienone is 3. The smallest absolute Gasteiger partial charge is 0.216 e. The van der Waals surface area contributed by atoms with Crippen LogP contribution in [0.25, 0.3) is 0 Å². The number of rotatable bonds is 2. The molecule has 0 aliphatic heterocycles. The van der Waals surface area contributed by atoms with E-state index in [4.69, 9.17) is 0 Å². The van der Waals surface area contributed by atoms with E-state index in [1.807, 2.05) is 51.2 Å². The highest BCUT2D eigenvalue weighted by Crippen LogP contribution is 1.77. The number of nitrogens with zero attached hydrogens (tertiary/aromatic N) is 1. The molecule has 0 atom stereocenters. The van der Waals surface area contributed by atoms with Gasteiger partial charge in [0.05, 0.1) is 0 Å². The molecule has 0 aromatic heterocycles. The third kappa shape index (κ3) is 5.34. The van der Waals surface area contributed by atoms with Crippen LogP contribution in [-0.4, -0.2) is 19.8 Å². The minimum atomic E-state index is 2.00. The molecule has 0 aromatic carbocycles. The van der Waals surface area contributed by atoms with Gasteiger partial charge in [0.1, 0.15) is 0 Å². The van der Waals surface area contributed by atoms with E-state index in [-0.39, 0.29) is 0 Å². The fourth-order valence-corrected chi connectivity index (χ4v) is 0.333. The van der Waals surface area contributed by atoms with Gasteiger partial charge in [-0.3, -0.25) is 0 Å². The summed E-state index contributed by atoms with van der Waals surface area (Å²) >= 11 is 0. The Kier molecular flexibility index (Phi) is 4.13. The molecule has 2 heteroatoms. The maximum Gasteiger partial charge on any atom is 0.216 e. The second-order valence-corrected chi connectivity index (χ2v) is 1.83. The molecule has 0 amide bonds. The second-order valence-electron chi connectivity index (χ2n) is 1.83. The van der Waals surface area contributed by atoms with Crippen molar-refractivity contribution in [2.75, 3.05) is 7.05 Å². The lowest BCUT2D eigenvalue weighted by molar-refractivity contribution is 0.749. The molecule has 0 rings (SSSR count). The lowest BCUT2D eigenvalue weighted by Crippen LogP contribution is -2.02. The zero-order chi connectivity index (χ0) is 6.41. The van der Waals surface area contributed by atoms with E-state index in [2.05, 4.69) is 0 Å². The molecular weight excluding hydrogens is 96.9 g/mol. The monoisotopic (exact) mass is 109 g/mol. The van der Waals surface area contributed by atoms with Gasteiger partial charge in [0.15, 0.2) is 0 Å². The SMILES string of the molecule is BN(C)/C=C\C=C/C. The van der Waals surface area contributed by atoms with Gasteiger partial charge < -0.3 is 4.81 Å². The van der Waals surface area contributed by atoms with Gasteiger partial charge in [0.25, 0.3) is 0 Å². The van der Waals surface area contributed by atoms with Crippen molar-refractivity contribution < 1.29 is 0 Å². The first-order valence-corrected chi connectivity index (χ1v) is 2.73. The van der Waals surface area contributed by atoms with Gasteiger partial charge >= 0.3 is 0 Å². The van der Waals surface area contributed by atoms with Crippen LogP contribution in [0, 0.1) is 0 Å². The highest BCUT2D eigenvalue weighted by Gasteiger charge is 1.69. The molecular formula is C6H12BN. The molecule has 0 aliphatic carbocycles. The van der Waals surface area contributed by atoms with Crippen LogP contribution in [0.15, 0.2) is 24.4 Å². The van der Waals surface area contributed by atoms with Crippen molar-refractivity contribution in [1.82, 2.24) is 4.81 Å². The summed E-state index contributed by atoms with van der Waals surface area (Å²) in [4.78, 5) is 2.00. The first kappa shape index (κ1) is 7.34. The molecule has 0 saturated heterocycles. The average Bonchev–Trinajstić information content (AvgIpc) is 1.66.